The summed E-state index contributed by atoms with van der Waals surface area (Å²) in [6.07, 6.45) is 1.75. The standard InChI is InChI=1S/C5H9N3.C2H6/c1-4-3-7-8(6)5(4)2;1-2/h3H,6H2,1-2H3;1-2H3. The van der Waals surface area contributed by atoms with E-state index in [9.17, 15) is 0 Å². The monoisotopic (exact) mass is 141 g/mol. The minimum absolute atomic E-state index is 1.02. The lowest BCUT2D eigenvalue weighted by Crippen LogP contribution is -2.11. The van der Waals surface area contributed by atoms with E-state index in [0.717, 1.165) is 11.3 Å². The molecule has 3 heteroatoms. The molecule has 0 unspecified atom stereocenters. The summed E-state index contributed by atoms with van der Waals surface area (Å²) >= 11 is 0. The van der Waals surface area contributed by atoms with Gasteiger partial charge in [-0.25, -0.2) is 0 Å². The Morgan fingerprint density at radius 3 is 2.00 bits per heavy atom. The zero-order valence-electron chi connectivity index (χ0n) is 7.05. The summed E-state index contributed by atoms with van der Waals surface area (Å²) in [7, 11) is 0. The Balaban J connectivity index is 0.000000371. The predicted molar refractivity (Wildman–Crippen MR) is 43.2 cm³/mol. The van der Waals surface area contributed by atoms with E-state index in [1.165, 1.54) is 4.79 Å². The Morgan fingerprint density at radius 1 is 1.40 bits per heavy atom. The average molecular weight is 141 g/mol. The second-order valence-electron chi connectivity index (χ2n) is 1.86. The Morgan fingerprint density at radius 2 is 1.90 bits per heavy atom. The third kappa shape index (κ3) is 1.76. The number of rotatable bonds is 0. The molecule has 1 heterocycles. The second-order valence-corrected chi connectivity index (χ2v) is 1.86. The van der Waals surface area contributed by atoms with Gasteiger partial charge in [-0.05, 0) is 19.4 Å². The summed E-state index contributed by atoms with van der Waals surface area (Å²) in [4.78, 5) is 1.37. The van der Waals surface area contributed by atoms with E-state index in [0.29, 0.717) is 0 Å². The van der Waals surface area contributed by atoms with E-state index >= 15 is 0 Å². The van der Waals surface area contributed by atoms with E-state index in [1.54, 1.807) is 6.20 Å². The van der Waals surface area contributed by atoms with Crippen LogP contribution in [0.1, 0.15) is 25.1 Å². The molecule has 0 spiro atoms. The van der Waals surface area contributed by atoms with E-state index in [1.807, 2.05) is 27.7 Å². The van der Waals surface area contributed by atoms with Crippen molar-refractivity contribution in [3.63, 3.8) is 0 Å². The lowest BCUT2D eigenvalue weighted by atomic mass is 10.3. The maximum atomic E-state index is 5.35. The quantitative estimate of drug-likeness (QED) is 0.552. The second kappa shape index (κ2) is 3.93. The third-order valence-electron chi connectivity index (χ3n) is 1.29. The SMILES string of the molecule is CC.Cc1cnn(N)c1C. The average Bonchev–Trinajstić information content (AvgIpc) is 2.25. The van der Waals surface area contributed by atoms with E-state index in [-0.39, 0.29) is 0 Å². The van der Waals surface area contributed by atoms with Crippen LogP contribution in [0.4, 0.5) is 0 Å². The van der Waals surface area contributed by atoms with Crippen LogP contribution in [0.5, 0.6) is 0 Å². The Kier molecular flexibility index (Phi) is 3.54. The van der Waals surface area contributed by atoms with Gasteiger partial charge in [-0.2, -0.15) is 9.89 Å². The van der Waals surface area contributed by atoms with Gasteiger partial charge >= 0.3 is 0 Å². The van der Waals surface area contributed by atoms with Crippen molar-refractivity contribution in [1.29, 1.82) is 0 Å². The molecular formula is C7H15N3. The molecule has 1 aromatic rings. The lowest BCUT2D eigenvalue weighted by Gasteiger charge is -1.90. The summed E-state index contributed by atoms with van der Waals surface area (Å²) in [6, 6.07) is 0. The van der Waals surface area contributed by atoms with Crippen molar-refractivity contribution >= 4 is 0 Å². The summed E-state index contributed by atoms with van der Waals surface area (Å²) < 4.78 is 0. The van der Waals surface area contributed by atoms with Gasteiger partial charge in [0.2, 0.25) is 0 Å². The van der Waals surface area contributed by atoms with Crippen molar-refractivity contribution < 1.29 is 0 Å². The third-order valence-corrected chi connectivity index (χ3v) is 1.29. The Bertz CT molecular complexity index is 171. The molecule has 0 aliphatic carbocycles. The highest BCUT2D eigenvalue weighted by molar-refractivity contribution is 5.12. The van der Waals surface area contributed by atoms with Crippen molar-refractivity contribution in [3.8, 4) is 0 Å². The van der Waals surface area contributed by atoms with Crippen LogP contribution in [0.2, 0.25) is 0 Å². The van der Waals surface area contributed by atoms with Crippen LogP contribution in [0, 0.1) is 13.8 Å². The summed E-state index contributed by atoms with van der Waals surface area (Å²) in [5.74, 6) is 5.35. The molecule has 10 heavy (non-hydrogen) atoms. The van der Waals surface area contributed by atoms with Gasteiger partial charge in [0.05, 0.1) is 11.9 Å². The first-order valence-electron chi connectivity index (χ1n) is 3.48. The van der Waals surface area contributed by atoms with Crippen molar-refractivity contribution in [1.82, 2.24) is 9.89 Å². The van der Waals surface area contributed by atoms with E-state index in [4.69, 9.17) is 5.84 Å². The van der Waals surface area contributed by atoms with Gasteiger partial charge in [-0.1, -0.05) is 13.8 Å². The van der Waals surface area contributed by atoms with Crippen molar-refractivity contribution in [3.05, 3.63) is 17.5 Å². The smallest absolute Gasteiger partial charge is 0.0615 e. The van der Waals surface area contributed by atoms with Crippen molar-refractivity contribution in [2.75, 3.05) is 5.84 Å². The zero-order valence-corrected chi connectivity index (χ0v) is 7.05. The minimum atomic E-state index is 1.02. The molecule has 0 aliphatic rings. The number of hydrogen-bond acceptors (Lipinski definition) is 2. The topological polar surface area (TPSA) is 43.8 Å². The minimum Gasteiger partial charge on any atom is -0.323 e. The molecular weight excluding hydrogens is 126 g/mol. The van der Waals surface area contributed by atoms with Gasteiger partial charge in [-0.15, -0.1) is 0 Å². The molecule has 1 aromatic heterocycles. The van der Waals surface area contributed by atoms with Crippen molar-refractivity contribution in [2.24, 2.45) is 0 Å². The molecule has 0 atom stereocenters. The van der Waals surface area contributed by atoms with Crippen molar-refractivity contribution in [2.45, 2.75) is 27.7 Å². The molecule has 0 saturated heterocycles. The Hall–Kier alpha value is -0.990. The lowest BCUT2D eigenvalue weighted by molar-refractivity contribution is 0.799. The number of hydrogen-bond donors (Lipinski definition) is 1. The van der Waals surface area contributed by atoms with Crippen LogP contribution < -0.4 is 5.84 Å². The molecule has 0 bridgehead atoms. The number of aryl methyl sites for hydroxylation is 1. The first kappa shape index (κ1) is 9.01. The maximum Gasteiger partial charge on any atom is 0.0615 e. The van der Waals surface area contributed by atoms with Crippen LogP contribution in [0.15, 0.2) is 6.20 Å². The first-order chi connectivity index (χ1) is 4.72. The van der Waals surface area contributed by atoms with Crippen LogP contribution in [-0.4, -0.2) is 9.89 Å². The highest BCUT2D eigenvalue weighted by Crippen LogP contribution is 1.99. The summed E-state index contributed by atoms with van der Waals surface area (Å²) in [5.41, 5.74) is 2.15. The van der Waals surface area contributed by atoms with Crippen LogP contribution in [0.3, 0.4) is 0 Å². The molecule has 0 saturated carbocycles. The number of aromatic nitrogens is 2. The molecule has 3 nitrogen and oxygen atoms in total. The molecule has 0 fully saturated rings. The van der Waals surface area contributed by atoms with E-state index in [2.05, 4.69) is 5.10 Å². The largest absolute Gasteiger partial charge is 0.323 e. The fraction of sp³-hybridized carbons (Fsp3) is 0.571. The molecule has 0 aromatic carbocycles. The van der Waals surface area contributed by atoms with Gasteiger partial charge in [0.15, 0.2) is 0 Å². The molecule has 0 aliphatic heterocycles. The fourth-order valence-corrected chi connectivity index (χ4v) is 0.510. The van der Waals surface area contributed by atoms with Crippen LogP contribution in [0.25, 0.3) is 0 Å². The summed E-state index contributed by atoms with van der Waals surface area (Å²) in [6.45, 7) is 7.91. The predicted octanol–water partition coefficient (Wildman–Crippen LogP) is 1.24. The number of nitrogen functional groups attached to an aromatic ring is 1. The molecule has 2 N–H and O–H groups in total. The highest BCUT2D eigenvalue weighted by atomic mass is 15.5. The van der Waals surface area contributed by atoms with Gasteiger partial charge in [0, 0.05) is 0 Å². The van der Waals surface area contributed by atoms with Gasteiger partial charge in [-0.3, -0.25) is 0 Å². The summed E-state index contributed by atoms with van der Waals surface area (Å²) in [5, 5.41) is 3.81. The highest BCUT2D eigenvalue weighted by Gasteiger charge is 1.94. The van der Waals surface area contributed by atoms with Gasteiger partial charge in [0.1, 0.15) is 0 Å². The number of nitrogens with two attached hydrogens (primary N) is 1. The molecule has 58 valence electrons. The van der Waals surface area contributed by atoms with Crippen LogP contribution in [-0.2, 0) is 0 Å². The van der Waals surface area contributed by atoms with Crippen LogP contribution >= 0.6 is 0 Å². The van der Waals surface area contributed by atoms with Gasteiger partial charge < -0.3 is 5.84 Å². The zero-order chi connectivity index (χ0) is 8.15. The molecule has 0 radical (unpaired) electrons. The molecule has 1 rings (SSSR count). The number of nitrogens with zero attached hydrogens (tertiary/aromatic N) is 2. The Labute approximate surface area is 61.8 Å². The maximum absolute atomic E-state index is 5.35. The van der Waals surface area contributed by atoms with E-state index < -0.39 is 0 Å². The van der Waals surface area contributed by atoms with Gasteiger partial charge in [0.25, 0.3) is 0 Å². The molecule has 0 amide bonds. The first-order valence-corrected chi connectivity index (χ1v) is 3.48. The fourth-order valence-electron chi connectivity index (χ4n) is 0.510. The normalized spacial score (nSPS) is 8.40.